The molecule has 1 aliphatic heterocycles. The van der Waals surface area contributed by atoms with Crippen LogP contribution in [0, 0.1) is 0 Å². The number of nitrogens with one attached hydrogen (secondary N) is 1. The summed E-state index contributed by atoms with van der Waals surface area (Å²) in [5.74, 6) is -1.47. The van der Waals surface area contributed by atoms with Crippen molar-refractivity contribution in [3.8, 4) is 0 Å². The molecule has 17 heavy (non-hydrogen) atoms. The number of carbonyl (C=O) groups excluding carboxylic acids is 1. The summed E-state index contributed by atoms with van der Waals surface area (Å²) in [6.07, 6.45) is 3.68. The minimum Gasteiger partial charge on any atom is -0.480 e. The highest BCUT2D eigenvalue weighted by Gasteiger charge is 2.49. The van der Waals surface area contributed by atoms with Gasteiger partial charge in [0.1, 0.15) is 6.04 Å². The Balaban J connectivity index is 2.15. The third kappa shape index (κ3) is 2.26. The van der Waals surface area contributed by atoms with Crippen molar-refractivity contribution in [1.82, 2.24) is 5.32 Å². The number of hydrogen-bond donors (Lipinski definition) is 3. The maximum atomic E-state index is 11.7. The minimum atomic E-state index is -1.16. The fraction of sp³-hybridized carbons (Fsp3) is 0.364. The van der Waals surface area contributed by atoms with E-state index in [4.69, 9.17) is 10.8 Å². The van der Waals surface area contributed by atoms with Crippen molar-refractivity contribution in [3.63, 3.8) is 0 Å². The predicted octanol–water partition coefficient (Wildman–Crippen LogP) is -1.36. The number of amides is 1. The average Bonchev–Trinajstić information content (AvgIpc) is 2.57. The molecule has 0 spiro atoms. The smallest absolute Gasteiger partial charge is 0.326 e. The Bertz CT molecular complexity index is 449. The molecule has 0 bridgehead atoms. The molecule has 6 heteroatoms. The maximum Gasteiger partial charge on any atom is 0.326 e. The van der Waals surface area contributed by atoms with Crippen LogP contribution in [0.25, 0.3) is 0 Å². The molecule has 0 aliphatic carbocycles. The van der Waals surface area contributed by atoms with Crippen LogP contribution in [0.4, 0.5) is 0 Å². The zero-order valence-electron chi connectivity index (χ0n) is 9.17. The molecule has 1 aromatic rings. The first-order valence-corrected chi connectivity index (χ1v) is 5.28. The second-order valence-corrected chi connectivity index (χ2v) is 4.27. The molecule has 0 saturated carbocycles. The first-order chi connectivity index (χ1) is 8.01. The van der Waals surface area contributed by atoms with Gasteiger partial charge in [-0.1, -0.05) is 6.07 Å². The molecule has 0 unspecified atom stereocenters. The predicted molar refractivity (Wildman–Crippen MR) is 57.7 cm³/mol. The van der Waals surface area contributed by atoms with Crippen molar-refractivity contribution in [2.45, 2.75) is 24.5 Å². The third-order valence-corrected chi connectivity index (χ3v) is 2.87. The standard InChI is InChI=1S/C11H13N3O3/c12-11(7-14-4-2-1-3-5-14)6-8(9(15)16)13-10(11)17/h1-5,8H,6-7,12H2,(H-,13,15,16,17)/p+1/t8-,11-/m1/s1. The van der Waals surface area contributed by atoms with Gasteiger partial charge in [0.2, 0.25) is 5.91 Å². The van der Waals surface area contributed by atoms with E-state index in [0.29, 0.717) is 0 Å². The minimum absolute atomic E-state index is 0.100. The van der Waals surface area contributed by atoms with Crippen molar-refractivity contribution < 1.29 is 19.3 Å². The van der Waals surface area contributed by atoms with E-state index in [-0.39, 0.29) is 13.0 Å². The van der Waals surface area contributed by atoms with Crippen molar-refractivity contribution >= 4 is 11.9 Å². The van der Waals surface area contributed by atoms with Gasteiger partial charge in [-0.2, -0.15) is 0 Å². The monoisotopic (exact) mass is 236 g/mol. The highest BCUT2D eigenvalue weighted by Crippen LogP contribution is 2.18. The number of nitrogens with two attached hydrogens (primary N) is 1. The van der Waals surface area contributed by atoms with Gasteiger partial charge in [-0.05, 0) is 0 Å². The van der Waals surface area contributed by atoms with Crippen LogP contribution in [0.15, 0.2) is 30.6 Å². The number of nitrogens with zero attached hydrogens (tertiary/aromatic N) is 1. The highest BCUT2D eigenvalue weighted by atomic mass is 16.4. The van der Waals surface area contributed by atoms with Gasteiger partial charge in [0, 0.05) is 18.6 Å². The van der Waals surface area contributed by atoms with E-state index in [1.165, 1.54) is 0 Å². The molecule has 1 fully saturated rings. The van der Waals surface area contributed by atoms with Crippen LogP contribution >= 0.6 is 0 Å². The van der Waals surface area contributed by atoms with E-state index in [1.54, 1.807) is 17.0 Å². The Morgan fingerprint density at radius 1 is 1.53 bits per heavy atom. The second kappa shape index (κ2) is 4.14. The molecule has 2 rings (SSSR count). The van der Waals surface area contributed by atoms with E-state index in [1.807, 2.05) is 18.2 Å². The van der Waals surface area contributed by atoms with Crippen LogP contribution < -0.4 is 15.6 Å². The van der Waals surface area contributed by atoms with E-state index in [2.05, 4.69) is 5.32 Å². The SMILES string of the molecule is N[C@@]1(C[n+]2ccccc2)C[C@H](C(=O)O)NC1=O. The quantitative estimate of drug-likeness (QED) is 0.565. The first-order valence-electron chi connectivity index (χ1n) is 5.28. The second-order valence-electron chi connectivity index (χ2n) is 4.27. The molecular formula is C11H14N3O3+. The molecular weight excluding hydrogens is 222 g/mol. The summed E-state index contributed by atoms with van der Waals surface area (Å²) >= 11 is 0. The number of carboxylic acids is 1. The summed E-state index contributed by atoms with van der Waals surface area (Å²) in [7, 11) is 0. The first kappa shape index (κ1) is 11.5. The van der Waals surface area contributed by atoms with Crippen LogP contribution in [0.3, 0.4) is 0 Å². The molecule has 90 valence electrons. The zero-order valence-corrected chi connectivity index (χ0v) is 9.17. The fourth-order valence-corrected chi connectivity index (χ4v) is 1.96. The Labute approximate surface area is 98.1 Å². The maximum absolute atomic E-state index is 11.7. The van der Waals surface area contributed by atoms with Crippen LogP contribution in [-0.4, -0.2) is 28.6 Å². The van der Waals surface area contributed by atoms with Crippen molar-refractivity contribution in [2.75, 3.05) is 0 Å². The molecule has 1 aliphatic rings. The molecule has 6 nitrogen and oxygen atoms in total. The fourth-order valence-electron chi connectivity index (χ4n) is 1.96. The average molecular weight is 236 g/mol. The van der Waals surface area contributed by atoms with E-state index >= 15 is 0 Å². The summed E-state index contributed by atoms with van der Waals surface area (Å²) in [5, 5.41) is 11.2. The van der Waals surface area contributed by atoms with Gasteiger partial charge in [-0.3, -0.25) is 4.79 Å². The number of hydrogen-bond acceptors (Lipinski definition) is 3. The van der Waals surface area contributed by atoms with Gasteiger partial charge in [0.25, 0.3) is 0 Å². The zero-order chi connectivity index (χ0) is 12.5. The molecule has 2 atom stereocenters. The van der Waals surface area contributed by atoms with E-state index in [0.717, 1.165) is 0 Å². The van der Waals surface area contributed by atoms with Crippen LogP contribution in [0.1, 0.15) is 6.42 Å². The van der Waals surface area contributed by atoms with Crippen molar-refractivity contribution in [1.29, 1.82) is 0 Å². The summed E-state index contributed by atoms with van der Waals surface area (Å²) in [6.45, 7) is 0.267. The van der Waals surface area contributed by atoms with Crippen LogP contribution in [0.5, 0.6) is 0 Å². The lowest BCUT2D eigenvalue weighted by molar-refractivity contribution is -0.701. The van der Waals surface area contributed by atoms with Gasteiger partial charge in [-0.25, -0.2) is 9.36 Å². The molecule has 0 radical (unpaired) electrons. The lowest BCUT2D eigenvalue weighted by Gasteiger charge is -2.16. The highest BCUT2D eigenvalue weighted by molar-refractivity contribution is 5.94. The van der Waals surface area contributed by atoms with Gasteiger partial charge < -0.3 is 16.2 Å². The van der Waals surface area contributed by atoms with Crippen molar-refractivity contribution in [3.05, 3.63) is 30.6 Å². The largest absolute Gasteiger partial charge is 0.480 e. The Morgan fingerprint density at radius 2 is 2.18 bits per heavy atom. The van der Waals surface area contributed by atoms with Crippen LogP contribution in [0.2, 0.25) is 0 Å². The molecule has 1 amide bonds. The summed E-state index contributed by atoms with van der Waals surface area (Å²) in [4.78, 5) is 22.5. The molecule has 0 aromatic carbocycles. The lowest BCUT2D eigenvalue weighted by atomic mass is 9.96. The van der Waals surface area contributed by atoms with E-state index < -0.39 is 23.5 Å². The van der Waals surface area contributed by atoms with Crippen LogP contribution in [-0.2, 0) is 16.1 Å². The lowest BCUT2D eigenvalue weighted by Crippen LogP contribution is -2.57. The topological polar surface area (TPSA) is 96.3 Å². The summed E-state index contributed by atoms with van der Waals surface area (Å²) in [6, 6.07) is 4.61. The van der Waals surface area contributed by atoms with Gasteiger partial charge >= 0.3 is 5.97 Å². The van der Waals surface area contributed by atoms with Gasteiger partial charge in [0.15, 0.2) is 24.5 Å². The normalized spacial score (nSPS) is 27.8. The number of pyridine rings is 1. The summed E-state index contributed by atoms with van der Waals surface area (Å²) < 4.78 is 1.77. The van der Waals surface area contributed by atoms with Crippen molar-refractivity contribution in [2.24, 2.45) is 5.73 Å². The van der Waals surface area contributed by atoms with Gasteiger partial charge in [-0.15, -0.1) is 0 Å². The number of aliphatic carboxylic acids is 1. The molecule has 1 saturated heterocycles. The number of rotatable bonds is 3. The Kier molecular flexibility index (Phi) is 2.81. The number of aromatic nitrogens is 1. The third-order valence-electron chi connectivity index (χ3n) is 2.87. The Hall–Kier alpha value is -1.95. The summed E-state index contributed by atoms with van der Waals surface area (Å²) in [5.41, 5.74) is 4.81. The Morgan fingerprint density at radius 3 is 2.71 bits per heavy atom. The molecule has 1 aromatic heterocycles. The molecule has 2 heterocycles. The number of carboxylic acid groups (broad SMARTS) is 1. The van der Waals surface area contributed by atoms with E-state index in [9.17, 15) is 9.59 Å². The molecule has 4 N–H and O–H groups in total. The van der Waals surface area contributed by atoms with Gasteiger partial charge in [0.05, 0.1) is 0 Å². The number of carbonyl (C=O) groups is 2.